The predicted octanol–water partition coefficient (Wildman–Crippen LogP) is 3.66. The van der Waals surface area contributed by atoms with Crippen LogP contribution >= 0.6 is 11.6 Å². The summed E-state index contributed by atoms with van der Waals surface area (Å²) in [4.78, 5) is 26.3. The van der Waals surface area contributed by atoms with Crippen molar-refractivity contribution < 1.29 is 14.3 Å². The van der Waals surface area contributed by atoms with Gasteiger partial charge in [-0.2, -0.15) is 0 Å². The molecule has 7 heteroatoms. The fourth-order valence-corrected chi connectivity index (χ4v) is 3.06. The highest BCUT2D eigenvalue weighted by molar-refractivity contribution is 6.30. The zero-order valence-electron chi connectivity index (χ0n) is 15.7. The van der Waals surface area contributed by atoms with Gasteiger partial charge in [-0.15, -0.1) is 0 Å². The van der Waals surface area contributed by atoms with Crippen molar-refractivity contribution >= 4 is 29.3 Å². The molecule has 0 spiro atoms. The lowest BCUT2D eigenvalue weighted by molar-refractivity contribution is -0.118. The molecule has 1 aromatic carbocycles. The topological polar surface area (TPSA) is 70.7 Å². The molecule has 6 nitrogen and oxygen atoms in total. The Labute approximate surface area is 160 Å². The van der Waals surface area contributed by atoms with Gasteiger partial charge in [-0.25, -0.2) is 4.79 Å². The SMILES string of the molecule is CC(C)(C)OC(=O)NC[C@@H]1CCCCN1CC(=O)Nc1ccc(Cl)cc1. The van der Waals surface area contributed by atoms with Crippen LogP contribution in [0.3, 0.4) is 0 Å². The van der Waals surface area contributed by atoms with E-state index >= 15 is 0 Å². The number of hydrogen-bond acceptors (Lipinski definition) is 4. The van der Waals surface area contributed by atoms with Crippen molar-refractivity contribution in [1.82, 2.24) is 10.2 Å². The summed E-state index contributed by atoms with van der Waals surface area (Å²) < 4.78 is 5.28. The van der Waals surface area contributed by atoms with Crippen LogP contribution < -0.4 is 10.6 Å². The van der Waals surface area contributed by atoms with E-state index in [4.69, 9.17) is 16.3 Å². The average molecular weight is 382 g/mol. The number of rotatable bonds is 5. The van der Waals surface area contributed by atoms with Gasteiger partial charge >= 0.3 is 6.09 Å². The smallest absolute Gasteiger partial charge is 0.407 e. The van der Waals surface area contributed by atoms with Crippen molar-refractivity contribution in [1.29, 1.82) is 0 Å². The minimum Gasteiger partial charge on any atom is -0.444 e. The Bertz CT molecular complexity index is 613. The molecule has 1 aromatic rings. The normalized spacial score (nSPS) is 18.2. The van der Waals surface area contributed by atoms with Crippen molar-refractivity contribution in [3.05, 3.63) is 29.3 Å². The molecule has 2 N–H and O–H groups in total. The fraction of sp³-hybridized carbons (Fsp3) is 0.579. The first-order chi connectivity index (χ1) is 12.2. The van der Waals surface area contributed by atoms with E-state index in [-0.39, 0.29) is 11.9 Å². The van der Waals surface area contributed by atoms with E-state index in [0.29, 0.717) is 18.1 Å². The molecular formula is C19H28ClN3O3. The molecule has 0 aliphatic carbocycles. The van der Waals surface area contributed by atoms with Crippen LogP contribution in [0.2, 0.25) is 5.02 Å². The Balaban J connectivity index is 1.84. The summed E-state index contributed by atoms with van der Waals surface area (Å²) in [7, 11) is 0. The first-order valence-corrected chi connectivity index (χ1v) is 9.37. The van der Waals surface area contributed by atoms with Gasteiger partial charge in [0, 0.05) is 23.3 Å². The van der Waals surface area contributed by atoms with Crippen LogP contribution in [0, 0.1) is 0 Å². The van der Waals surface area contributed by atoms with Gasteiger partial charge in [0.2, 0.25) is 5.91 Å². The number of anilines is 1. The summed E-state index contributed by atoms with van der Waals surface area (Å²) in [5.74, 6) is -0.0727. The summed E-state index contributed by atoms with van der Waals surface area (Å²) >= 11 is 5.86. The van der Waals surface area contributed by atoms with Crippen LogP contribution in [0.1, 0.15) is 40.0 Å². The van der Waals surface area contributed by atoms with Crippen molar-refractivity contribution in [2.45, 2.75) is 51.7 Å². The number of halogens is 1. The van der Waals surface area contributed by atoms with E-state index in [2.05, 4.69) is 15.5 Å². The third-order valence-corrected chi connectivity index (χ3v) is 4.36. The number of benzene rings is 1. The molecule has 1 aliphatic rings. The lowest BCUT2D eigenvalue weighted by Gasteiger charge is -2.35. The Hall–Kier alpha value is -1.79. The van der Waals surface area contributed by atoms with E-state index < -0.39 is 11.7 Å². The Morgan fingerprint density at radius 3 is 2.58 bits per heavy atom. The molecule has 1 aliphatic heterocycles. The number of nitrogens with zero attached hydrogens (tertiary/aromatic N) is 1. The molecule has 0 unspecified atom stereocenters. The summed E-state index contributed by atoms with van der Waals surface area (Å²) in [6.07, 6.45) is 2.67. The Morgan fingerprint density at radius 1 is 1.23 bits per heavy atom. The number of nitrogens with one attached hydrogen (secondary N) is 2. The molecule has 0 saturated carbocycles. The third kappa shape index (κ3) is 7.22. The molecule has 1 atom stereocenters. The zero-order chi connectivity index (χ0) is 19.2. The van der Waals surface area contributed by atoms with Crippen LogP contribution in [0.4, 0.5) is 10.5 Å². The predicted molar refractivity (Wildman–Crippen MR) is 104 cm³/mol. The summed E-state index contributed by atoms with van der Waals surface area (Å²) in [6.45, 7) is 7.11. The highest BCUT2D eigenvalue weighted by atomic mass is 35.5. The maximum atomic E-state index is 12.3. The van der Waals surface area contributed by atoms with Gasteiger partial charge in [0.05, 0.1) is 6.54 Å². The van der Waals surface area contributed by atoms with Crippen LogP contribution in [0.25, 0.3) is 0 Å². The van der Waals surface area contributed by atoms with Crippen LogP contribution in [-0.2, 0) is 9.53 Å². The minimum absolute atomic E-state index is 0.0727. The van der Waals surface area contributed by atoms with Gasteiger partial charge in [-0.05, 0) is 64.4 Å². The molecule has 144 valence electrons. The number of carbonyl (C=O) groups is 2. The van der Waals surface area contributed by atoms with E-state index in [1.54, 1.807) is 24.3 Å². The van der Waals surface area contributed by atoms with Crippen LogP contribution in [0.15, 0.2) is 24.3 Å². The van der Waals surface area contributed by atoms with Crippen molar-refractivity contribution in [2.24, 2.45) is 0 Å². The van der Waals surface area contributed by atoms with Gasteiger partial charge in [0.1, 0.15) is 5.60 Å². The first-order valence-electron chi connectivity index (χ1n) is 8.99. The minimum atomic E-state index is -0.519. The summed E-state index contributed by atoms with van der Waals surface area (Å²) in [6, 6.07) is 7.17. The van der Waals surface area contributed by atoms with Gasteiger partial charge in [0.25, 0.3) is 0 Å². The van der Waals surface area contributed by atoms with Crippen LogP contribution in [-0.4, -0.2) is 48.2 Å². The van der Waals surface area contributed by atoms with E-state index in [1.807, 2.05) is 20.8 Å². The molecular weight excluding hydrogens is 354 g/mol. The van der Waals surface area contributed by atoms with Gasteiger partial charge in [0.15, 0.2) is 0 Å². The average Bonchev–Trinajstić information content (AvgIpc) is 2.54. The lowest BCUT2D eigenvalue weighted by Crippen LogP contribution is -2.49. The summed E-state index contributed by atoms with van der Waals surface area (Å²) in [5, 5.41) is 6.33. The zero-order valence-corrected chi connectivity index (χ0v) is 16.4. The molecule has 1 saturated heterocycles. The number of hydrogen-bond donors (Lipinski definition) is 2. The molecule has 0 radical (unpaired) electrons. The van der Waals surface area contributed by atoms with E-state index in [0.717, 1.165) is 31.5 Å². The van der Waals surface area contributed by atoms with E-state index in [9.17, 15) is 9.59 Å². The second-order valence-corrected chi connectivity index (χ2v) is 7.99. The molecule has 0 bridgehead atoms. The Morgan fingerprint density at radius 2 is 1.92 bits per heavy atom. The number of amides is 2. The second-order valence-electron chi connectivity index (χ2n) is 7.56. The van der Waals surface area contributed by atoms with Crippen LogP contribution in [0.5, 0.6) is 0 Å². The number of alkyl carbamates (subject to hydrolysis) is 1. The van der Waals surface area contributed by atoms with Crippen molar-refractivity contribution in [3.8, 4) is 0 Å². The number of likely N-dealkylation sites (tertiary alicyclic amines) is 1. The van der Waals surface area contributed by atoms with Crippen molar-refractivity contribution in [3.63, 3.8) is 0 Å². The quantitative estimate of drug-likeness (QED) is 0.816. The maximum absolute atomic E-state index is 12.3. The molecule has 26 heavy (non-hydrogen) atoms. The third-order valence-electron chi connectivity index (χ3n) is 4.10. The number of carbonyl (C=O) groups excluding carboxylic acids is 2. The molecule has 1 fully saturated rings. The summed E-state index contributed by atoms with van der Waals surface area (Å²) in [5.41, 5.74) is 0.203. The molecule has 1 heterocycles. The molecule has 0 aromatic heterocycles. The lowest BCUT2D eigenvalue weighted by atomic mass is 10.0. The molecule has 2 amide bonds. The number of piperidine rings is 1. The largest absolute Gasteiger partial charge is 0.444 e. The van der Waals surface area contributed by atoms with Gasteiger partial charge in [-0.3, -0.25) is 9.69 Å². The highest BCUT2D eigenvalue weighted by Crippen LogP contribution is 2.18. The van der Waals surface area contributed by atoms with Gasteiger partial charge in [-0.1, -0.05) is 18.0 Å². The fourth-order valence-electron chi connectivity index (χ4n) is 2.93. The highest BCUT2D eigenvalue weighted by Gasteiger charge is 2.25. The maximum Gasteiger partial charge on any atom is 0.407 e. The monoisotopic (exact) mass is 381 g/mol. The second kappa shape index (κ2) is 9.24. The Kier molecular flexibility index (Phi) is 7.29. The van der Waals surface area contributed by atoms with E-state index in [1.165, 1.54) is 0 Å². The number of ether oxygens (including phenoxy) is 1. The van der Waals surface area contributed by atoms with Gasteiger partial charge < -0.3 is 15.4 Å². The standard InChI is InChI=1S/C19H28ClN3O3/c1-19(2,3)26-18(25)21-12-16-6-4-5-11-23(16)13-17(24)22-15-9-7-14(20)8-10-15/h7-10,16H,4-6,11-13H2,1-3H3,(H,21,25)(H,22,24)/t16-/m0/s1. The van der Waals surface area contributed by atoms with Crippen molar-refractivity contribution in [2.75, 3.05) is 25.0 Å². The first kappa shape index (κ1) is 20.5. The molecule has 2 rings (SSSR count).